The van der Waals surface area contributed by atoms with Gasteiger partial charge in [-0.15, -0.1) is 0 Å². The van der Waals surface area contributed by atoms with Gasteiger partial charge in [0.25, 0.3) is 0 Å². The van der Waals surface area contributed by atoms with Gasteiger partial charge in [-0.2, -0.15) is 0 Å². The predicted molar refractivity (Wildman–Crippen MR) is 118 cm³/mol. The first-order chi connectivity index (χ1) is 13.8. The Morgan fingerprint density at radius 1 is 0.759 bits per heavy atom. The molecule has 0 aliphatic heterocycles. The highest BCUT2D eigenvalue weighted by Crippen LogP contribution is 2.21. The molecule has 0 atom stereocenters. The molecule has 2 aromatic carbocycles. The van der Waals surface area contributed by atoms with Crippen molar-refractivity contribution in [3.63, 3.8) is 0 Å². The van der Waals surface area contributed by atoms with E-state index in [1.165, 1.54) is 0 Å². The van der Waals surface area contributed by atoms with Gasteiger partial charge in [0.05, 0.1) is 10.6 Å². The maximum absolute atomic E-state index is 12.6. The summed E-state index contributed by atoms with van der Waals surface area (Å²) < 4.78 is 42.9. The van der Waals surface area contributed by atoms with Crippen molar-refractivity contribution >= 4 is 18.6 Å². The molecule has 0 bridgehead atoms. The van der Waals surface area contributed by atoms with E-state index < -0.39 is 18.6 Å². The van der Waals surface area contributed by atoms with Gasteiger partial charge in [0, 0.05) is 25.9 Å². The molecule has 29 heavy (non-hydrogen) atoms. The molecule has 0 saturated heterocycles. The van der Waals surface area contributed by atoms with Crippen LogP contribution in [0.15, 0.2) is 53.4 Å². The van der Waals surface area contributed by atoms with Gasteiger partial charge < -0.3 is 13.3 Å². The third-order valence-electron chi connectivity index (χ3n) is 4.57. The molecular formula is C22H32O5SSi. The van der Waals surface area contributed by atoms with E-state index in [1.54, 1.807) is 12.1 Å². The van der Waals surface area contributed by atoms with Gasteiger partial charge >= 0.3 is 8.80 Å². The van der Waals surface area contributed by atoms with Gasteiger partial charge in [-0.05, 0) is 57.4 Å². The van der Waals surface area contributed by atoms with Gasteiger partial charge in [-0.25, -0.2) is 8.42 Å². The highest BCUT2D eigenvalue weighted by Gasteiger charge is 2.39. The monoisotopic (exact) mass is 436 g/mol. The van der Waals surface area contributed by atoms with Crippen LogP contribution >= 0.6 is 0 Å². The smallest absolute Gasteiger partial charge is 0.374 e. The molecule has 0 aliphatic rings. The number of hydrogen-bond donors (Lipinski definition) is 0. The van der Waals surface area contributed by atoms with Gasteiger partial charge in [0.15, 0.2) is 9.84 Å². The van der Waals surface area contributed by atoms with Crippen LogP contribution in [0.3, 0.4) is 0 Å². The van der Waals surface area contributed by atoms with Crippen molar-refractivity contribution in [2.45, 2.75) is 50.8 Å². The molecule has 0 saturated carbocycles. The fourth-order valence-electron chi connectivity index (χ4n) is 3.15. The van der Waals surface area contributed by atoms with Crippen molar-refractivity contribution in [2.75, 3.05) is 19.8 Å². The van der Waals surface area contributed by atoms with E-state index in [9.17, 15) is 8.42 Å². The maximum atomic E-state index is 12.6. The Kier molecular flexibility index (Phi) is 9.04. The summed E-state index contributed by atoms with van der Waals surface area (Å²) in [7, 11) is -6.03. The molecule has 7 heteroatoms. The second-order valence-corrected chi connectivity index (χ2v) is 11.6. The first-order valence-corrected chi connectivity index (χ1v) is 13.7. The van der Waals surface area contributed by atoms with Gasteiger partial charge in [-0.1, -0.05) is 42.0 Å². The number of aryl methyl sites for hydroxylation is 2. The van der Waals surface area contributed by atoms with Crippen molar-refractivity contribution in [3.05, 3.63) is 65.2 Å². The van der Waals surface area contributed by atoms with E-state index in [1.807, 2.05) is 64.1 Å². The molecular weight excluding hydrogens is 404 g/mol. The second kappa shape index (κ2) is 11.0. The Labute approximate surface area is 176 Å². The second-order valence-electron chi connectivity index (χ2n) is 6.87. The minimum absolute atomic E-state index is 0.00807. The number of benzene rings is 2. The highest BCUT2D eigenvalue weighted by molar-refractivity contribution is 7.90. The summed E-state index contributed by atoms with van der Waals surface area (Å²) in [6, 6.07) is 15.4. The summed E-state index contributed by atoms with van der Waals surface area (Å²) in [6.07, 6.45) is 0.761. The van der Waals surface area contributed by atoms with Crippen molar-refractivity contribution in [3.8, 4) is 0 Å². The molecule has 0 amide bonds. The molecule has 2 rings (SSSR count). The molecule has 0 spiro atoms. The zero-order valence-corrected chi connectivity index (χ0v) is 19.6. The van der Waals surface area contributed by atoms with Crippen molar-refractivity contribution in [1.29, 1.82) is 0 Å². The minimum Gasteiger partial charge on any atom is -0.374 e. The quantitative estimate of drug-likeness (QED) is 0.457. The van der Waals surface area contributed by atoms with Gasteiger partial charge in [-0.3, -0.25) is 0 Å². The Morgan fingerprint density at radius 3 is 1.72 bits per heavy atom. The summed E-state index contributed by atoms with van der Waals surface area (Å²) in [5.74, 6) is -0.00807. The predicted octanol–water partition coefficient (Wildman–Crippen LogP) is 4.56. The Morgan fingerprint density at radius 2 is 1.24 bits per heavy atom. The van der Waals surface area contributed by atoms with Crippen molar-refractivity contribution in [1.82, 2.24) is 0 Å². The molecule has 160 valence electrons. The molecule has 0 heterocycles. The van der Waals surface area contributed by atoms with Gasteiger partial charge in [0.1, 0.15) is 0 Å². The van der Waals surface area contributed by atoms with E-state index in [4.69, 9.17) is 13.3 Å². The van der Waals surface area contributed by atoms with Crippen LogP contribution in [0.4, 0.5) is 0 Å². The molecule has 2 aromatic rings. The van der Waals surface area contributed by atoms with Crippen LogP contribution in [-0.4, -0.2) is 37.0 Å². The lowest BCUT2D eigenvalue weighted by molar-refractivity contribution is 0.0714. The summed E-state index contributed by atoms with van der Waals surface area (Å²) in [4.78, 5) is 0.355. The van der Waals surface area contributed by atoms with E-state index in [2.05, 4.69) is 0 Å². The molecule has 0 fully saturated rings. The SMILES string of the molecule is CCO[Si](CCc1ccc(CS(=O)(=O)c2ccc(C)cc2)cc1)(OCC)OCC. The van der Waals surface area contributed by atoms with Gasteiger partial charge in [0.2, 0.25) is 0 Å². The molecule has 0 aliphatic carbocycles. The van der Waals surface area contributed by atoms with Crippen LogP contribution in [0.25, 0.3) is 0 Å². The molecule has 0 N–H and O–H groups in total. The van der Waals surface area contributed by atoms with E-state index >= 15 is 0 Å². The Balaban J connectivity index is 2.04. The van der Waals surface area contributed by atoms with Crippen LogP contribution in [0.5, 0.6) is 0 Å². The van der Waals surface area contributed by atoms with E-state index in [0.29, 0.717) is 30.8 Å². The number of hydrogen-bond acceptors (Lipinski definition) is 5. The normalized spacial score (nSPS) is 12.3. The number of rotatable bonds is 12. The first kappa shape index (κ1) is 23.8. The van der Waals surface area contributed by atoms with Crippen molar-refractivity contribution in [2.24, 2.45) is 0 Å². The standard InChI is InChI=1S/C22H32O5SSi/c1-5-25-29(26-6-2,27-7-3)17-16-20-10-12-21(13-11-20)18-28(23,24)22-14-8-19(4)9-15-22/h8-15H,5-7,16-18H2,1-4H3. The van der Waals surface area contributed by atoms with Crippen LogP contribution in [0, 0.1) is 6.92 Å². The number of sulfone groups is 1. The van der Waals surface area contributed by atoms with E-state index in [-0.39, 0.29) is 5.75 Å². The van der Waals surface area contributed by atoms with Crippen LogP contribution < -0.4 is 0 Å². The average Bonchev–Trinajstić information content (AvgIpc) is 2.68. The molecule has 0 aromatic heterocycles. The fraction of sp³-hybridized carbons (Fsp3) is 0.455. The largest absolute Gasteiger partial charge is 0.501 e. The third-order valence-corrected chi connectivity index (χ3v) is 9.32. The lowest BCUT2D eigenvalue weighted by Crippen LogP contribution is -2.46. The summed E-state index contributed by atoms with van der Waals surface area (Å²) in [5.41, 5.74) is 2.92. The average molecular weight is 437 g/mol. The summed E-state index contributed by atoms with van der Waals surface area (Å²) in [5, 5.41) is 0. The lowest BCUT2D eigenvalue weighted by Gasteiger charge is -2.28. The summed E-state index contributed by atoms with van der Waals surface area (Å²) in [6.45, 7) is 9.45. The Bertz CT molecular complexity index is 831. The molecule has 0 unspecified atom stereocenters. The zero-order chi connectivity index (χ0) is 21.3. The minimum atomic E-state index is -3.35. The Hall–Kier alpha value is -1.51. The van der Waals surface area contributed by atoms with Crippen molar-refractivity contribution < 1.29 is 21.7 Å². The van der Waals surface area contributed by atoms with E-state index in [0.717, 1.165) is 23.1 Å². The maximum Gasteiger partial charge on any atom is 0.501 e. The highest BCUT2D eigenvalue weighted by atomic mass is 32.2. The zero-order valence-electron chi connectivity index (χ0n) is 17.8. The first-order valence-electron chi connectivity index (χ1n) is 10.1. The molecule has 0 radical (unpaired) electrons. The van der Waals surface area contributed by atoms with Crippen LogP contribution in [-0.2, 0) is 35.3 Å². The fourth-order valence-corrected chi connectivity index (χ4v) is 7.10. The topological polar surface area (TPSA) is 61.8 Å². The lowest BCUT2D eigenvalue weighted by atomic mass is 10.1. The van der Waals surface area contributed by atoms with Crippen LogP contribution in [0.1, 0.15) is 37.5 Å². The summed E-state index contributed by atoms with van der Waals surface area (Å²) >= 11 is 0. The third kappa shape index (κ3) is 7.04. The van der Waals surface area contributed by atoms with Crippen LogP contribution in [0.2, 0.25) is 6.04 Å². The molecule has 5 nitrogen and oxygen atoms in total.